The number of alkyl halides is 2. The van der Waals surface area contributed by atoms with Crippen molar-refractivity contribution in [1.29, 1.82) is 0 Å². The van der Waals surface area contributed by atoms with E-state index < -0.39 is 35.1 Å². The van der Waals surface area contributed by atoms with E-state index in [-0.39, 0.29) is 29.7 Å². The Morgan fingerprint density at radius 3 is 2.38 bits per heavy atom. The fourth-order valence-electron chi connectivity index (χ4n) is 4.30. The third kappa shape index (κ3) is 4.09. The number of hydrogen-bond donors (Lipinski definition) is 1. The molecule has 34 heavy (non-hydrogen) atoms. The van der Waals surface area contributed by atoms with Gasteiger partial charge in [0.1, 0.15) is 17.0 Å². The number of carboxylic acid groups (broad SMARTS) is 1. The summed E-state index contributed by atoms with van der Waals surface area (Å²) in [5.41, 5.74) is -1.04. The van der Waals surface area contributed by atoms with Crippen LogP contribution >= 0.6 is 0 Å². The highest BCUT2D eigenvalue weighted by molar-refractivity contribution is 5.97. The van der Waals surface area contributed by atoms with E-state index in [1.54, 1.807) is 12.0 Å². The fraction of sp³-hybridized carbons (Fsp3) is 0.304. The number of ether oxygens (including phenoxy) is 2. The SMILES string of the molecule is COc1ccccc1N1CCN(c2c(F)cc3c(=O)c(C(=O)O)cn(C)c3c2OC(F)F)CC1. The van der Waals surface area contributed by atoms with Gasteiger partial charge in [-0.3, -0.25) is 4.79 Å². The second kappa shape index (κ2) is 9.16. The molecule has 8 nitrogen and oxygen atoms in total. The minimum atomic E-state index is -3.28. The van der Waals surface area contributed by atoms with Gasteiger partial charge in [0, 0.05) is 39.4 Å². The van der Waals surface area contributed by atoms with Crippen molar-refractivity contribution < 1.29 is 32.5 Å². The number of para-hydroxylation sites is 2. The molecule has 1 N–H and O–H groups in total. The highest BCUT2D eigenvalue weighted by Crippen LogP contribution is 2.40. The van der Waals surface area contributed by atoms with E-state index in [0.29, 0.717) is 18.8 Å². The number of halogens is 3. The average Bonchev–Trinajstić information content (AvgIpc) is 2.81. The molecule has 0 amide bonds. The first-order valence-electron chi connectivity index (χ1n) is 10.4. The molecular weight excluding hydrogens is 455 g/mol. The standard InChI is InChI=1S/C23H22F3N3O5/c1-27-12-14(22(31)32)20(30)13-11-15(24)19(21(18(13)27)34-23(25)26)29-9-7-28(8-10-29)16-5-3-4-6-17(16)33-2/h3-6,11-12,23H,7-10H2,1-2H3,(H,31,32). The van der Waals surface area contributed by atoms with Crippen LogP contribution in [0.3, 0.4) is 0 Å². The summed E-state index contributed by atoms with van der Waals surface area (Å²) in [6, 6.07) is 8.31. The number of rotatable bonds is 6. The summed E-state index contributed by atoms with van der Waals surface area (Å²) in [7, 11) is 2.95. The van der Waals surface area contributed by atoms with Crippen molar-refractivity contribution in [1.82, 2.24) is 4.57 Å². The molecule has 1 fully saturated rings. The number of anilines is 2. The Hall–Kier alpha value is -3.89. The quantitative estimate of drug-likeness (QED) is 0.583. The van der Waals surface area contributed by atoms with Crippen LogP contribution in [0.2, 0.25) is 0 Å². The molecule has 0 spiro atoms. The Morgan fingerprint density at radius 2 is 1.76 bits per heavy atom. The van der Waals surface area contributed by atoms with Crippen molar-refractivity contribution in [3.05, 3.63) is 58.1 Å². The Bertz CT molecular complexity index is 1300. The monoisotopic (exact) mass is 477 g/mol. The summed E-state index contributed by atoms with van der Waals surface area (Å²) in [6.07, 6.45) is 1.01. The maximum atomic E-state index is 15.3. The van der Waals surface area contributed by atoms with E-state index in [0.717, 1.165) is 18.0 Å². The predicted octanol–water partition coefficient (Wildman–Crippen LogP) is 3.31. The third-order valence-electron chi connectivity index (χ3n) is 5.81. The van der Waals surface area contributed by atoms with Gasteiger partial charge in [-0.15, -0.1) is 0 Å². The first kappa shape index (κ1) is 23.3. The normalized spacial score (nSPS) is 14.1. The minimum absolute atomic E-state index is 0.112. The second-order valence-electron chi connectivity index (χ2n) is 7.74. The average molecular weight is 477 g/mol. The number of fused-ring (bicyclic) bond motifs is 1. The molecule has 1 aromatic heterocycles. The van der Waals surface area contributed by atoms with Crippen molar-refractivity contribution in [2.24, 2.45) is 7.05 Å². The highest BCUT2D eigenvalue weighted by atomic mass is 19.3. The van der Waals surface area contributed by atoms with Gasteiger partial charge in [-0.25, -0.2) is 9.18 Å². The number of pyridine rings is 1. The number of aromatic carboxylic acids is 1. The molecule has 0 unspecified atom stereocenters. The third-order valence-corrected chi connectivity index (χ3v) is 5.81. The van der Waals surface area contributed by atoms with Crippen LogP contribution in [0.15, 0.2) is 41.3 Å². The topological polar surface area (TPSA) is 84.2 Å². The maximum Gasteiger partial charge on any atom is 0.387 e. The van der Waals surface area contributed by atoms with Crippen molar-refractivity contribution in [3.8, 4) is 11.5 Å². The molecule has 0 radical (unpaired) electrons. The van der Waals surface area contributed by atoms with Crippen LogP contribution < -0.4 is 24.7 Å². The fourth-order valence-corrected chi connectivity index (χ4v) is 4.30. The van der Waals surface area contributed by atoms with Crippen LogP contribution in [0, 0.1) is 5.82 Å². The Balaban J connectivity index is 1.78. The van der Waals surface area contributed by atoms with E-state index in [9.17, 15) is 23.5 Å². The van der Waals surface area contributed by atoms with Gasteiger partial charge in [0.25, 0.3) is 0 Å². The highest BCUT2D eigenvalue weighted by Gasteiger charge is 2.29. The lowest BCUT2D eigenvalue weighted by molar-refractivity contribution is -0.0488. The number of carboxylic acids is 1. The summed E-state index contributed by atoms with van der Waals surface area (Å²) in [6.45, 7) is -1.83. The first-order valence-corrected chi connectivity index (χ1v) is 10.4. The molecule has 2 aromatic carbocycles. The summed E-state index contributed by atoms with van der Waals surface area (Å²) >= 11 is 0. The van der Waals surface area contributed by atoms with Gasteiger partial charge < -0.3 is 28.9 Å². The van der Waals surface area contributed by atoms with Gasteiger partial charge in [-0.2, -0.15) is 8.78 Å². The van der Waals surface area contributed by atoms with Crippen molar-refractivity contribution in [2.45, 2.75) is 6.61 Å². The van der Waals surface area contributed by atoms with Gasteiger partial charge in [-0.1, -0.05) is 12.1 Å². The van der Waals surface area contributed by atoms with Gasteiger partial charge >= 0.3 is 12.6 Å². The van der Waals surface area contributed by atoms with E-state index >= 15 is 4.39 Å². The molecule has 3 aromatic rings. The summed E-state index contributed by atoms with van der Waals surface area (Å²) in [5, 5.41) is 8.91. The van der Waals surface area contributed by atoms with Crippen LogP contribution in [0.5, 0.6) is 11.5 Å². The number of nitrogens with zero attached hydrogens (tertiary/aromatic N) is 3. The number of carbonyl (C=O) groups is 1. The Morgan fingerprint density at radius 1 is 1.12 bits per heavy atom. The van der Waals surface area contributed by atoms with Crippen molar-refractivity contribution in [3.63, 3.8) is 0 Å². The molecule has 1 aliphatic rings. The molecule has 0 aliphatic carbocycles. The van der Waals surface area contributed by atoms with Crippen LogP contribution in [-0.2, 0) is 7.05 Å². The zero-order valence-electron chi connectivity index (χ0n) is 18.4. The Kier molecular flexibility index (Phi) is 6.27. The summed E-state index contributed by atoms with van der Waals surface area (Å²) < 4.78 is 53.3. The molecule has 1 saturated heterocycles. The number of methoxy groups -OCH3 is 1. The number of piperazine rings is 1. The molecule has 1 aliphatic heterocycles. The van der Waals surface area contributed by atoms with E-state index in [1.165, 1.54) is 11.6 Å². The lowest BCUT2D eigenvalue weighted by Crippen LogP contribution is -2.47. The largest absolute Gasteiger partial charge is 0.495 e. The lowest BCUT2D eigenvalue weighted by atomic mass is 10.1. The number of benzene rings is 2. The molecular formula is C23H22F3N3O5. The smallest absolute Gasteiger partial charge is 0.387 e. The molecule has 0 bridgehead atoms. The van der Waals surface area contributed by atoms with Crippen LogP contribution in [0.4, 0.5) is 24.5 Å². The zero-order chi connectivity index (χ0) is 24.6. The van der Waals surface area contributed by atoms with Crippen molar-refractivity contribution in [2.75, 3.05) is 43.1 Å². The number of hydrogen-bond acceptors (Lipinski definition) is 6. The van der Waals surface area contributed by atoms with E-state index in [1.807, 2.05) is 29.2 Å². The molecule has 2 heterocycles. The van der Waals surface area contributed by atoms with E-state index in [2.05, 4.69) is 0 Å². The van der Waals surface area contributed by atoms with Gasteiger partial charge in [0.05, 0.1) is 23.7 Å². The van der Waals surface area contributed by atoms with Gasteiger partial charge in [0.15, 0.2) is 11.6 Å². The molecule has 180 valence electrons. The number of aromatic nitrogens is 1. The molecule has 4 rings (SSSR count). The molecule has 11 heteroatoms. The van der Waals surface area contributed by atoms with Crippen molar-refractivity contribution >= 4 is 28.2 Å². The Labute approximate surface area is 192 Å². The molecule has 0 saturated carbocycles. The van der Waals surface area contributed by atoms with Gasteiger partial charge in [0.2, 0.25) is 5.43 Å². The lowest BCUT2D eigenvalue weighted by Gasteiger charge is -2.38. The van der Waals surface area contributed by atoms with Crippen LogP contribution in [0.1, 0.15) is 10.4 Å². The summed E-state index contributed by atoms with van der Waals surface area (Å²) in [4.78, 5) is 27.6. The molecule has 0 atom stereocenters. The predicted molar refractivity (Wildman–Crippen MR) is 120 cm³/mol. The maximum absolute atomic E-state index is 15.3. The van der Waals surface area contributed by atoms with Crippen LogP contribution in [0.25, 0.3) is 10.9 Å². The summed E-state index contributed by atoms with van der Waals surface area (Å²) in [5.74, 6) is -2.28. The zero-order valence-corrected chi connectivity index (χ0v) is 18.4. The van der Waals surface area contributed by atoms with Crippen LogP contribution in [-0.4, -0.2) is 55.5 Å². The van der Waals surface area contributed by atoms with Gasteiger partial charge in [-0.05, 0) is 18.2 Å². The second-order valence-corrected chi connectivity index (χ2v) is 7.74. The minimum Gasteiger partial charge on any atom is -0.495 e. The van der Waals surface area contributed by atoms with E-state index in [4.69, 9.17) is 9.47 Å². The first-order chi connectivity index (χ1) is 16.2. The number of aryl methyl sites for hydroxylation is 1.